The highest BCUT2D eigenvalue weighted by Gasteiger charge is 2.33. The van der Waals surface area contributed by atoms with E-state index in [0.29, 0.717) is 17.5 Å². The van der Waals surface area contributed by atoms with Crippen LogP contribution in [-0.4, -0.2) is 23.5 Å². The molecule has 1 aromatic carbocycles. The molecule has 2 rings (SSSR count). The topological polar surface area (TPSA) is 58.6 Å². The van der Waals surface area contributed by atoms with E-state index >= 15 is 0 Å². The summed E-state index contributed by atoms with van der Waals surface area (Å²) in [5.41, 5.74) is 1.03. The minimum absolute atomic E-state index is 0.0528. The molecule has 4 nitrogen and oxygen atoms in total. The number of alkyl halides is 3. The van der Waals surface area contributed by atoms with Gasteiger partial charge < -0.3 is 9.84 Å². The van der Waals surface area contributed by atoms with Gasteiger partial charge in [-0.1, -0.05) is 6.07 Å². The van der Waals surface area contributed by atoms with Gasteiger partial charge in [-0.15, -0.1) is 13.2 Å². The Bertz CT molecular complexity index is 501. The van der Waals surface area contributed by atoms with Crippen molar-refractivity contribution in [2.45, 2.75) is 31.8 Å². The van der Waals surface area contributed by atoms with Crippen molar-refractivity contribution in [1.29, 1.82) is 0 Å². The summed E-state index contributed by atoms with van der Waals surface area (Å²) in [6, 6.07) is 2.73. The van der Waals surface area contributed by atoms with Crippen LogP contribution >= 0.6 is 0 Å². The molecule has 0 bridgehead atoms. The first-order valence-electron chi connectivity index (χ1n) is 5.63. The van der Waals surface area contributed by atoms with E-state index in [0.717, 1.165) is 6.07 Å². The molecule has 1 aliphatic rings. The van der Waals surface area contributed by atoms with Crippen LogP contribution in [0.3, 0.4) is 0 Å². The smallest absolute Gasteiger partial charge is 0.480 e. The fourth-order valence-corrected chi connectivity index (χ4v) is 2.19. The Morgan fingerprint density at radius 3 is 2.74 bits per heavy atom. The molecular weight excluding hydrogens is 263 g/mol. The minimum atomic E-state index is -4.79. The van der Waals surface area contributed by atoms with Crippen molar-refractivity contribution in [3.63, 3.8) is 0 Å². The summed E-state index contributed by atoms with van der Waals surface area (Å²) in [4.78, 5) is 11.1. The van der Waals surface area contributed by atoms with Crippen LogP contribution in [0.5, 0.6) is 5.75 Å². The Morgan fingerprint density at radius 1 is 1.47 bits per heavy atom. The third-order valence-corrected chi connectivity index (χ3v) is 2.89. The summed E-state index contributed by atoms with van der Waals surface area (Å²) in [7, 11) is 0. The maximum atomic E-state index is 12.1. The van der Waals surface area contributed by atoms with E-state index in [2.05, 4.69) is 10.1 Å². The van der Waals surface area contributed by atoms with E-state index in [9.17, 15) is 18.0 Å². The number of halogens is 3. The first kappa shape index (κ1) is 13.7. The van der Waals surface area contributed by atoms with Gasteiger partial charge in [0.05, 0.1) is 0 Å². The van der Waals surface area contributed by atoms with Crippen molar-refractivity contribution in [2.24, 2.45) is 0 Å². The molecule has 1 heterocycles. The fraction of sp³-hybridized carbons (Fsp3) is 0.417. The number of fused-ring (bicyclic) bond motifs is 1. The van der Waals surface area contributed by atoms with Gasteiger partial charge in [0.1, 0.15) is 11.8 Å². The van der Waals surface area contributed by atoms with E-state index in [1.54, 1.807) is 0 Å². The minimum Gasteiger partial charge on any atom is -0.480 e. The predicted molar refractivity (Wildman–Crippen MR) is 59.8 cm³/mol. The van der Waals surface area contributed by atoms with Gasteiger partial charge in [0.2, 0.25) is 0 Å². The lowest BCUT2D eigenvalue weighted by molar-refractivity contribution is -0.274. The molecule has 1 aromatic rings. The molecule has 0 aliphatic carbocycles. The third-order valence-electron chi connectivity index (χ3n) is 2.89. The highest BCUT2D eigenvalue weighted by atomic mass is 19.4. The number of benzene rings is 1. The number of rotatable bonds is 2. The highest BCUT2D eigenvalue weighted by molar-refractivity contribution is 5.77. The molecule has 0 spiro atoms. The Hall–Kier alpha value is -1.76. The number of hydrogen-bond acceptors (Lipinski definition) is 3. The van der Waals surface area contributed by atoms with Crippen LogP contribution in [0.1, 0.15) is 24.1 Å². The first-order valence-corrected chi connectivity index (χ1v) is 5.63. The van der Waals surface area contributed by atoms with Crippen LogP contribution in [0.25, 0.3) is 0 Å². The molecule has 7 heteroatoms. The number of carbonyl (C=O) groups is 1. The van der Waals surface area contributed by atoms with Gasteiger partial charge in [-0.05, 0) is 36.6 Å². The molecule has 0 radical (unpaired) electrons. The van der Waals surface area contributed by atoms with Gasteiger partial charge in [-0.3, -0.25) is 10.1 Å². The van der Waals surface area contributed by atoms with Crippen LogP contribution in [0, 0.1) is 0 Å². The van der Waals surface area contributed by atoms with E-state index in [4.69, 9.17) is 5.11 Å². The Kier molecular flexibility index (Phi) is 3.40. The number of nitrogens with one attached hydrogen (secondary N) is 1. The molecule has 0 saturated carbocycles. The maximum absolute atomic E-state index is 12.1. The van der Waals surface area contributed by atoms with E-state index in [1.807, 2.05) is 6.92 Å². The van der Waals surface area contributed by atoms with Gasteiger partial charge in [-0.25, -0.2) is 0 Å². The quantitative estimate of drug-likeness (QED) is 0.869. The Morgan fingerprint density at radius 2 is 2.16 bits per heavy atom. The number of carboxylic acids is 1. The molecule has 2 N–H and O–H groups in total. The lowest BCUT2D eigenvalue weighted by Crippen LogP contribution is -2.41. The Balaban J connectivity index is 2.36. The van der Waals surface area contributed by atoms with Crippen molar-refractivity contribution < 1.29 is 27.8 Å². The monoisotopic (exact) mass is 275 g/mol. The summed E-state index contributed by atoms with van der Waals surface area (Å²) in [5.74, 6) is -1.54. The first-order chi connectivity index (χ1) is 8.76. The molecule has 0 amide bonds. The second kappa shape index (κ2) is 4.73. The molecule has 1 aliphatic heterocycles. The zero-order chi connectivity index (χ0) is 14.2. The summed E-state index contributed by atoms with van der Waals surface area (Å²) in [5, 5.41) is 11.9. The number of ether oxygens (including phenoxy) is 1. The van der Waals surface area contributed by atoms with Gasteiger partial charge in [0.15, 0.2) is 0 Å². The summed E-state index contributed by atoms with van der Waals surface area (Å²) >= 11 is 0. The van der Waals surface area contributed by atoms with Crippen LogP contribution < -0.4 is 10.1 Å². The van der Waals surface area contributed by atoms with Gasteiger partial charge in [0, 0.05) is 6.04 Å². The second-order valence-corrected chi connectivity index (χ2v) is 4.45. The van der Waals surface area contributed by atoms with Gasteiger partial charge >= 0.3 is 12.3 Å². The lowest BCUT2D eigenvalue weighted by atomic mass is 9.90. The zero-order valence-electron chi connectivity index (χ0n) is 9.99. The standard InChI is InChI=1S/C12H12F3NO3/c1-6-4-7-2-3-8(19-12(13,14)15)5-9(7)10(16-6)11(17)18/h2-3,5-6,10,16H,4H2,1H3,(H,17,18). The molecule has 2 atom stereocenters. The molecule has 0 fully saturated rings. The third kappa shape index (κ3) is 3.17. The second-order valence-electron chi connectivity index (χ2n) is 4.45. The molecular formula is C12H12F3NO3. The van der Waals surface area contributed by atoms with Crippen LogP contribution in [-0.2, 0) is 11.2 Å². The maximum Gasteiger partial charge on any atom is 0.573 e. The summed E-state index contributed by atoms with van der Waals surface area (Å²) in [6.45, 7) is 1.82. The average molecular weight is 275 g/mol. The summed E-state index contributed by atoms with van der Waals surface area (Å²) < 4.78 is 40.2. The van der Waals surface area contributed by atoms with Crippen LogP contribution in [0.2, 0.25) is 0 Å². The summed E-state index contributed by atoms with van der Waals surface area (Å²) in [6.07, 6.45) is -4.23. The SMILES string of the molecule is CC1Cc2ccc(OC(F)(F)F)cc2C(C(=O)O)N1. The highest BCUT2D eigenvalue weighted by Crippen LogP contribution is 2.31. The van der Waals surface area contributed by atoms with Crippen molar-refractivity contribution >= 4 is 5.97 Å². The zero-order valence-corrected chi connectivity index (χ0v) is 9.99. The molecule has 104 valence electrons. The molecule has 19 heavy (non-hydrogen) atoms. The van der Waals surface area contributed by atoms with Crippen molar-refractivity contribution in [3.8, 4) is 5.75 Å². The van der Waals surface area contributed by atoms with Crippen molar-refractivity contribution in [3.05, 3.63) is 29.3 Å². The van der Waals surface area contributed by atoms with Crippen molar-refractivity contribution in [2.75, 3.05) is 0 Å². The van der Waals surface area contributed by atoms with E-state index < -0.39 is 24.1 Å². The van der Waals surface area contributed by atoms with Gasteiger partial charge in [-0.2, -0.15) is 0 Å². The number of hydrogen-bond donors (Lipinski definition) is 2. The Labute approximate surface area is 107 Å². The predicted octanol–water partition coefficient (Wildman–Crippen LogP) is 2.25. The van der Waals surface area contributed by atoms with Crippen LogP contribution in [0.4, 0.5) is 13.2 Å². The largest absolute Gasteiger partial charge is 0.573 e. The normalized spacial score (nSPS) is 22.7. The van der Waals surface area contributed by atoms with E-state index in [1.165, 1.54) is 12.1 Å². The van der Waals surface area contributed by atoms with Crippen LogP contribution in [0.15, 0.2) is 18.2 Å². The number of aliphatic carboxylic acids is 1. The fourth-order valence-electron chi connectivity index (χ4n) is 2.19. The molecule has 0 aromatic heterocycles. The average Bonchev–Trinajstić information content (AvgIpc) is 2.26. The van der Waals surface area contributed by atoms with E-state index in [-0.39, 0.29) is 6.04 Å². The lowest BCUT2D eigenvalue weighted by Gasteiger charge is -2.29. The number of carboxylic acid groups (broad SMARTS) is 1. The van der Waals surface area contributed by atoms with Gasteiger partial charge in [0.25, 0.3) is 0 Å². The van der Waals surface area contributed by atoms with Crippen molar-refractivity contribution in [1.82, 2.24) is 5.32 Å². The molecule has 0 saturated heterocycles. The molecule has 2 unspecified atom stereocenters.